The van der Waals surface area contributed by atoms with Crippen LogP contribution in [0, 0.1) is 0 Å². The fourth-order valence-corrected chi connectivity index (χ4v) is 7.06. The topological polar surface area (TPSA) is 40.2 Å². The highest BCUT2D eigenvalue weighted by molar-refractivity contribution is 9.10. The standard InChI is InChI=1S/C20H24BrNO4/c1-22-10-9-18-15-12-5-6-13(23-2)16(15)26-17(18)20(24-3,25-4)8-7-19(18,21)14(22)11-12/h5-8,14,17H,9-11H2,1-4H3/t14-,17?,18+,19-/m1/s1. The third kappa shape index (κ3) is 1.64. The van der Waals surface area contributed by atoms with E-state index in [0.29, 0.717) is 6.04 Å². The van der Waals surface area contributed by atoms with E-state index in [-0.39, 0.29) is 15.8 Å². The number of hydrogen-bond donors (Lipinski definition) is 0. The summed E-state index contributed by atoms with van der Waals surface area (Å²) < 4.78 is 23.9. The summed E-state index contributed by atoms with van der Waals surface area (Å²) in [7, 11) is 7.28. The Kier molecular flexibility index (Phi) is 3.44. The molecule has 1 fully saturated rings. The predicted molar refractivity (Wildman–Crippen MR) is 101 cm³/mol. The van der Waals surface area contributed by atoms with E-state index in [1.807, 2.05) is 12.1 Å². The van der Waals surface area contributed by atoms with Crippen molar-refractivity contribution in [1.82, 2.24) is 4.90 Å². The molecule has 4 aliphatic rings. The molecule has 140 valence electrons. The minimum atomic E-state index is -0.920. The van der Waals surface area contributed by atoms with Crippen LogP contribution in [-0.4, -0.2) is 62.1 Å². The zero-order chi connectivity index (χ0) is 18.3. The number of likely N-dealkylation sites (tertiary alicyclic amines) is 1. The summed E-state index contributed by atoms with van der Waals surface area (Å²) in [5.74, 6) is 0.709. The number of nitrogens with zero attached hydrogens (tertiary/aromatic N) is 1. The van der Waals surface area contributed by atoms with Crippen molar-refractivity contribution in [2.24, 2.45) is 0 Å². The number of likely N-dealkylation sites (N-methyl/N-ethyl adjacent to an activating group) is 1. The van der Waals surface area contributed by atoms with Gasteiger partial charge < -0.3 is 23.8 Å². The van der Waals surface area contributed by atoms with Gasteiger partial charge in [0.2, 0.25) is 5.79 Å². The molecule has 5 nitrogen and oxygen atoms in total. The molecule has 0 radical (unpaired) electrons. The lowest BCUT2D eigenvalue weighted by molar-refractivity contribution is -0.241. The smallest absolute Gasteiger partial charge is 0.226 e. The molecule has 5 rings (SSSR count). The second kappa shape index (κ2) is 5.25. The van der Waals surface area contributed by atoms with Gasteiger partial charge in [-0.15, -0.1) is 0 Å². The van der Waals surface area contributed by atoms with Crippen LogP contribution in [0.15, 0.2) is 24.3 Å². The minimum Gasteiger partial charge on any atom is -0.493 e. The van der Waals surface area contributed by atoms with Gasteiger partial charge >= 0.3 is 0 Å². The molecule has 2 aliphatic carbocycles. The van der Waals surface area contributed by atoms with Crippen LogP contribution < -0.4 is 9.47 Å². The van der Waals surface area contributed by atoms with Crippen LogP contribution in [0.3, 0.4) is 0 Å². The molecule has 1 saturated heterocycles. The maximum atomic E-state index is 6.62. The summed E-state index contributed by atoms with van der Waals surface area (Å²) >= 11 is 4.19. The van der Waals surface area contributed by atoms with Gasteiger partial charge in [0.15, 0.2) is 17.6 Å². The van der Waals surface area contributed by atoms with Gasteiger partial charge in [0.25, 0.3) is 0 Å². The Morgan fingerprint density at radius 1 is 1.19 bits per heavy atom. The molecule has 2 aliphatic heterocycles. The third-order valence-electron chi connectivity index (χ3n) is 7.09. The fourth-order valence-electron chi connectivity index (χ4n) is 5.81. The van der Waals surface area contributed by atoms with Crippen molar-refractivity contribution in [3.05, 3.63) is 35.4 Å². The van der Waals surface area contributed by atoms with Gasteiger partial charge in [-0.25, -0.2) is 0 Å². The maximum Gasteiger partial charge on any atom is 0.226 e. The molecular formula is C20H24BrNO4. The molecule has 6 heteroatoms. The van der Waals surface area contributed by atoms with Crippen LogP contribution in [0.1, 0.15) is 17.5 Å². The van der Waals surface area contributed by atoms with Crippen molar-refractivity contribution in [3.8, 4) is 11.5 Å². The van der Waals surface area contributed by atoms with Crippen LogP contribution in [0.4, 0.5) is 0 Å². The number of hydrogen-bond acceptors (Lipinski definition) is 5. The molecule has 1 spiro atoms. The zero-order valence-corrected chi connectivity index (χ0v) is 17.1. The molecule has 0 aromatic heterocycles. The Labute approximate surface area is 162 Å². The van der Waals surface area contributed by atoms with E-state index >= 15 is 0 Å². The van der Waals surface area contributed by atoms with E-state index in [0.717, 1.165) is 30.9 Å². The Morgan fingerprint density at radius 3 is 2.65 bits per heavy atom. The van der Waals surface area contributed by atoms with Gasteiger partial charge in [0, 0.05) is 25.8 Å². The maximum absolute atomic E-state index is 6.62. The molecule has 1 aromatic rings. The summed E-state index contributed by atoms with van der Waals surface area (Å²) in [6.07, 6.45) is 5.93. The van der Waals surface area contributed by atoms with Gasteiger partial charge in [0.05, 0.1) is 16.8 Å². The number of benzene rings is 1. The number of methoxy groups -OCH3 is 3. The lowest BCUT2D eigenvalue weighted by Crippen LogP contribution is -2.75. The highest BCUT2D eigenvalue weighted by Gasteiger charge is 2.74. The second-order valence-corrected chi connectivity index (χ2v) is 9.09. The first kappa shape index (κ1) is 17.0. The largest absolute Gasteiger partial charge is 0.493 e. The van der Waals surface area contributed by atoms with Crippen molar-refractivity contribution in [1.29, 1.82) is 0 Å². The van der Waals surface area contributed by atoms with E-state index in [9.17, 15) is 0 Å². The number of rotatable bonds is 3. The summed E-state index contributed by atoms with van der Waals surface area (Å²) in [5, 5.41) is 0. The SMILES string of the molecule is COc1ccc2c3c1OC1C(OC)(OC)C=C[C@@]4(Br)[C@@H](C2)N(C)CC[C@]314. The van der Waals surface area contributed by atoms with E-state index in [1.165, 1.54) is 11.1 Å². The molecule has 2 bridgehead atoms. The quantitative estimate of drug-likeness (QED) is 0.426. The van der Waals surface area contributed by atoms with Crippen LogP contribution in [-0.2, 0) is 21.3 Å². The molecule has 26 heavy (non-hydrogen) atoms. The predicted octanol–water partition coefficient (Wildman–Crippen LogP) is 2.65. The van der Waals surface area contributed by atoms with Crippen LogP contribution >= 0.6 is 15.9 Å². The molecule has 0 N–H and O–H groups in total. The molecule has 0 amide bonds. The van der Waals surface area contributed by atoms with Crippen LogP contribution in [0.2, 0.25) is 0 Å². The van der Waals surface area contributed by atoms with Crippen molar-refractivity contribution in [3.63, 3.8) is 0 Å². The Balaban J connectivity index is 1.86. The zero-order valence-electron chi connectivity index (χ0n) is 15.5. The Morgan fingerprint density at radius 2 is 1.96 bits per heavy atom. The van der Waals surface area contributed by atoms with Crippen molar-refractivity contribution in [2.45, 2.75) is 40.5 Å². The lowest BCUT2D eigenvalue weighted by atomic mass is 9.52. The molecule has 1 unspecified atom stereocenters. The van der Waals surface area contributed by atoms with Gasteiger partial charge in [-0.3, -0.25) is 0 Å². The van der Waals surface area contributed by atoms with E-state index in [4.69, 9.17) is 18.9 Å². The van der Waals surface area contributed by atoms with Gasteiger partial charge in [0.1, 0.15) is 0 Å². The van der Waals surface area contributed by atoms with E-state index in [2.05, 4.69) is 40.0 Å². The van der Waals surface area contributed by atoms with Gasteiger partial charge in [-0.1, -0.05) is 28.1 Å². The Bertz CT molecular complexity index is 807. The van der Waals surface area contributed by atoms with Crippen LogP contribution in [0.5, 0.6) is 11.5 Å². The van der Waals surface area contributed by atoms with E-state index in [1.54, 1.807) is 21.3 Å². The monoisotopic (exact) mass is 421 g/mol. The number of halogens is 1. The van der Waals surface area contributed by atoms with Gasteiger partial charge in [-0.05, 0) is 44.1 Å². The van der Waals surface area contributed by atoms with Crippen LogP contribution in [0.25, 0.3) is 0 Å². The number of ether oxygens (including phenoxy) is 4. The minimum absolute atomic E-state index is 0.233. The summed E-state index contributed by atoms with van der Waals surface area (Å²) in [5.41, 5.74) is 2.35. The highest BCUT2D eigenvalue weighted by Crippen LogP contribution is 2.68. The summed E-state index contributed by atoms with van der Waals surface area (Å²) in [6.45, 7) is 1.01. The Hall–Kier alpha value is -1.08. The highest BCUT2D eigenvalue weighted by atomic mass is 79.9. The first-order valence-corrected chi connectivity index (χ1v) is 9.83. The summed E-state index contributed by atoms with van der Waals surface area (Å²) in [4.78, 5) is 2.46. The molecule has 2 heterocycles. The fraction of sp³-hybridized carbons (Fsp3) is 0.600. The van der Waals surface area contributed by atoms with E-state index < -0.39 is 5.79 Å². The summed E-state index contributed by atoms with van der Waals surface area (Å²) in [6, 6.07) is 4.56. The average molecular weight is 422 g/mol. The number of piperidine rings is 1. The molecule has 0 saturated carbocycles. The molecular weight excluding hydrogens is 398 g/mol. The second-order valence-electron chi connectivity index (χ2n) is 7.78. The van der Waals surface area contributed by atoms with Crippen molar-refractivity contribution >= 4 is 15.9 Å². The number of alkyl halides is 1. The molecule has 4 atom stereocenters. The normalized spacial score (nSPS) is 38.7. The first-order chi connectivity index (χ1) is 12.5. The van der Waals surface area contributed by atoms with Crippen molar-refractivity contribution in [2.75, 3.05) is 34.9 Å². The first-order valence-electron chi connectivity index (χ1n) is 9.04. The lowest BCUT2D eigenvalue weighted by Gasteiger charge is -2.63. The average Bonchev–Trinajstić information content (AvgIpc) is 3.01. The molecule has 1 aromatic carbocycles. The van der Waals surface area contributed by atoms with Gasteiger partial charge in [-0.2, -0.15) is 0 Å². The van der Waals surface area contributed by atoms with Crippen molar-refractivity contribution < 1.29 is 18.9 Å². The third-order valence-corrected chi connectivity index (χ3v) is 8.59.